The van der Waals surface area contributed by atoms with Crippen LogP contribution in [0.15, 0.2) is 18.2 Å². The number of methoxy groups -OCH3 is 1. The van der Waals surface area contributed by atoms with Gasteiger partial charge in [0.2, 0.25) is 0 Å². The van der Waals surface area contributed by atoms with Crippen LogP contribution in [0, 0.1) is 5.82 Å². The van der Waals surface area contributed by atoms with Crippen LogP contribution in [0.4, 0.5) is 4.39 Å². The predicted octanol–water partition coefficient (Wildman–Crippen LogP) is 2.51. The molecule has 15 heavy (non-hydrogen) atoms. The van der Waals surface area contributed by atoms with E-state index in [1.165, 1.54) is 7.11 Å². The van der Waals surface area contributed by atoms with E-state index in [-0.39, 0.29) is 5.82 Å². The van der Waals surface area contributed by atoms with Crippen molar-refractivity contribution >= 4 is 0 Å². The van der Waals surface area contributed by atoms with Gasteiger partial charge in [0.15, 0.2) is 11.6 Å². The zero-order chi connectivity index (χ0) is 11.1. The molecule has 0 saturated heterocycles. The topological polar surface area (TPSA) is 35.2 Å². The molecule has 0 saturated carbocycles. The Labute approximate surface area is 90.2 Å². The van der Waals surface area contributed by atoms with Gasteiger partial charge in [-0.15, -0.1) is 0 Å². The summed E-state index contributed by atoms with van der Waals surface area (Å²) in [6.45, 7) is 0.733. The van der Waals surface area contributed by atoms with Crippen LogP contribution in [0.3, 0.4) is 0 Å². The fraction of sp³-hybridized carbons (Fsp3) is 0.500. The van der Waals surface area contributed by atoms with E-state index in [0.717, 1.165) is 37.8 Å². The summed E-state index contributed by atoms with van der Waals surface area (Å²) in [5.74, 6) is 0.0227. The van der Waals surface area contributed by atoms with Crippen LogP contribution in [0.5, 0.6) is 5.75 Å². The lowest BCUT2D eigenvalue weighted by Gasteiger charge is -2.04. The van der Waals surface area contributed by atoms with Crippen molar-refractivity contribution in [2.45, 2.75) is 25.7 Å². The minimum absolute atomic E-state index is 0.283. The third-order valence-electron chi connectivity index (χ3n) is 2.39. The Bertz CT molecular complexity index is 302. The summed E-state index contributed by atoms with van der Waals surface area (Å²) < 4.78 is 18.1. The van der Waals surface area contributed by atoms with Gasteiger partial charge in [-0.1, -0.05) is 12.5 Å². The van der Waals surface area contributed by atoms with Crippen molar-refractivity contribution in [3.63, 3.8) is 0 Å². The summed E-state index contributed by atoms with van der Waals surface area (Å²) in [6.07, 6.45) is 4.10. The highest BCUT2D eigenvalue weighted by Gasteiger charge is 2.02. The molecular weight excluding hydrogens is 193 g/mol. The average Bonchev–Trinajstić information content (AvgIpc) is 2.25. The first-order chi connectivity index (χ1) is 7.27. The van der Waals surface area contributed by atoms with E-state index in [1.807, 2.05) is 6.07 Å². The monoisotopic (exact) mass is 211 g/mol. The lowest BCUT2D eigenvalue weighted by Crippen LogP contribution is -1.98. The van der Waals surface area contributed by atoms with Crippen molar-refractivity contribution in [1.29, 1.82) is 0 Å². The third kappa shape index (κ3) is 3.88. The Morgan fingerprint density at radius 2 is 2.07 bits per heavy atom. The molecule has 2 N–H and O–H groups in total. The van der Waals surface area contributed by atoms with Crippen molar-refractivity contribution in [2.24, 2.45) is 5.73 Å². The van der Waals surface area contributed by atoms with E-state index in [0.29, 0.717) is 5.75 Å². The quantitative estimate of drug-likeness (QED) is 0.734. The van der Waals surface area contributed by atoms with E-state index in [2.05, 4.69) is 0 Å². The van der Waals surface area contributed by atoms with E-state index in [1.54, 1.807) is 12.1 Å². The molecule has 0 unspecified atom stereocenters. The van der Waals surface area contributed by atoms with Crippen LogP contribution in [0.25, 0.3) is 0 Å². The first kappa shape index (κ1) is 12.0. The lowest BCUT2D eigenvalue weighted by molar-refractivity contribution is 0.386. The predicted molar refractivity (Wildman–Crippen MR) is 59.6 cm³/mol. The van der Waals surface area contributed by atoms with Crippen LogP contribution in [-0.2, 0) is 6.42 Å². The fourth-order valence-corrected chi connectivity index (χ4v) is 1.52. The number of rotatable bonds is 6. The fourth-order valence-electron chi connectivity index (χ4n) is 1.52. The number of hydrogen-bond donors (Lipinski definition) is 1. The molecule has 0 aromatic heterocycles. The molecule has 0 aliphatic heterocycles. The minimum atomic E-state index is -0.283. The zero-order valence-corrected chi connectivity index (χ0v) is 9.13. The molecule has 0 aliphatic carbocycles. The number of halogens is 1. The van der Waals surface area contributed by atoms with E-state index in [4.69, 9.17) is 10.5 Å². The van der Waals surface area contributed by atoms with Gasteiger partial charge >= 0.3 is 0 Å². The molecule has 1 rings (SSSR count). The highest BCUT2D eigenvalue weighted by Crippen LogP contribution is 2.18. The minimum Gasteiger partial charge on any atom is -0.494 e. The molecule has 0 radical (unpaired) electrons. The summed E-state index contributed by atoms with van der Waals surface area (Å²) in [4.78, 5) is 0. The molecule has 0 spiro atoms. The molecule has 1 aromatic rings. The Hall–Kier alpha value is -1.09. The second-order valence-electron chi connectivity index (χ2n) is 3.57. The first-order valence-electron chi connectivity index (χ1n) is 5.30. The standard InChI is InChI=1S/C12H18FNO/c1-15-12-7-6-10(9-11(12)13)5-3-2-4-8-14/h6-7,9H,2-5,8,14H2,1H3. The van der Waals surface area contributed by atoms with Gasteiger partial charge in [-0.25, -0.2) is 4.39 Å². The van der Waals surface area contributed by atoms with E-state index < -0.39 is 0 Å². The molecule has 1 aromatic carbocycles. The van der Waals surface area contributed by atoms with Gasteiger partial charge in [0, 0.05) is 0 Å². The van der Waals surface area contributed by atoms with Gasteiger partial charge < -0.3 is 10.5 Å². The summed E-state index contributed by atoms with van der Waals surface area (Å²) in [6, 6.07) is 5.12. The molecule has 0 atom stereocenters. The van der Waals surface area contributed by atoms with Gasteiger partial charge in [-0.2, -0.15) is 0 Å². The molecule has 0 aliphatic rings. The Morgan fingerprint density at radius 1 is 1.27 bits per heavy atom. The maximum absolute atomic E-state index is 13.3. The second-order valence-corrected chi connectivity index (χ2v) is 3.57. The Balaban J connectivity index is 2.45. The van der Waals surface area contributed by atoms with Crippen molar-refractivity contribution < 1.29 is 9.13 Å². The molecule has 84 valence electrons. The normalized spacial score (nSPS) is 10.3. The summed E-state index contributed by atoms with van der Waals surface area (Å²) >= 11 is 0. The summed E-state index contributed by atoms with van der Waals surface area (Å²) in [5.41, 5.74) is 6.41. The summed E-state index contributed by atoms with van der Waals surface area (Å²) in [5, 5.41) is 0. The van der Waals surface area contributed by atoms with Crippen LogP contribution in [0.2, 0.25) is 0 Å². The van der Waals surface area contributed by atoms with Crippen molar-refractivity contribution in [3.8, 4) is 5.75 Å². The van der Waals surface area contributed by atoms with E-state index >= 15 is 0 Å². The van der Waals surface area contributed by atoms with Gasteiger partial charge in [-0.05, 0) is 43.5 Å². The summed E-state index contributed by atoms with van der Waals surface area (Å²) in [7, 11) is 1.47. The maximum atomic E-state index is 13.3. The van der Waals surface area contributed by atoms with Gasteiger partial charge in [0.1, 0.15) is 0 Å². The molecule has 2 nitrogen and oxygen atoms in total. The first-order valence-corrected chi connectivity index (χ1v) is 5.30. The number of ether oxygens (including phenoxy) is 1. The molecule has 0 amide bonds. The second kappa shape index (κ2) is 6.40. The molecule has 3 heteroatoms. The maximum Gasteiger partial charge on any atom is 0.165 e. The van der Waals surface area contributed by atoms with Gasteiger partial charge in [-0.3, -0.25) is 0 Å². The number of benzene rings is 1. The molecular formula is C12H18FNO. The van der Waals surface area contributed by atoms with E-state index in [9.17, 15) is 4.39 Å². The van der Waals surface area contributed by atoms with Crippen molar-refractivity contribution in [2.75, 3.05) is 13.7 Å². The number of unbranched alkanes of at least 4 members (excludes halogenated alkanes) is 2. The third-order valence-corrected chi connectivity index (χ3v) is 2.39. The van der Waals surface area contributed by atoms with Gasteiger partial charge in [0.25, 0.3) is 0 Å². The molecule has 0 heterocycles. The van der Waals surface area contributed by atoms with Crippen LogP contribution >= 0.6 is 0 Å². The van der Waals surface area contributed by atoms with Gasteiger partial charge in [0.05, 0.1) is 7.11 Å². The van der Waals surface area contributed by atoms with Crippen LogP contribution in [-0.4, -0.2) is 13.7 Å². The average molecular weight is 211 g/mol. The molecule has 0 bridgehead atoms. The molecule has 0 fully saturated rings. The smallest absolute Gasteiger partial charge is 0.165 e. The zero-order valence-electron chi connectivity index (χ0n) is 9.13. The highest BCUT2D eigenvalue weighted by molar-refractivity contribution is 5.29. The Kier molecular flexibility index (Phi) is 5.12. The number of aryl methyl sites for hydroxylation is 1. The Morgan fingerprint density at radius 3 is 2.67 bits per heavy atom. The van der Waals surface area contributed by atoms with Crippen molar-refractivity contribution in [1.82, 2.24) is 0 Å². The SMILES string of the molecule is COc1ccc(CCCCCN)cc1F. The number of hydrogen-bond acceptors (Lipinski definition) is 2. The highest BCUT2D eigenvalue weighted by atomic mass is 19.1. The lowest BCUT2D eigenvalue weighted by atomic mass is 10.1. The largest absolute Gasteiger partial charge is 0.494 e. The van der Waals surface area contributed by atoms with Crippen molar-refractivity contribution in [3.05, 3.63) is 29.6 Å². The van der Waals surface area contributed by atoms with Crippen LogP contribution in [0.1, 0.15) is 24.8 Å². The number of nitrogens with two attached hydrogens (primary N) is 1. The van der Waals surface area contributed by atoms with Crippen LogP contribution < -0.4 is 10.5 Å².